The molecule has 1 aliphatic rings. The summed E-state index contributed by atoms with van der Waals surface area (Å²) in [5.74, 6) is 0.0399. The molecule has 0 spiro atoms. The number of hydrogen-bond acceptors (Lipinski definition) is 4. The smallest absolute Gasteiger partial charge is 0.246 e. The van der Waals surface area contributed by atoms with E-state index >= 15 is 0 Å². The molecule has 1 amide bonds. The molecular formula is C18H20N4OS. The van der Waals surface area contributed by atoms with Gasteiger partial charge in [-0.3, -0.25) is 14.8 Å². The Balaban J connectivity index is 1.58. The zero-order valence-corrected chi connectivity index (χ0v) is 14.2. The molecule has 0 aliphatic carbocycles. The number of piperidine rings is 1. The number of thiophene rings is 1. The maximum atomic E-state index is 13.0. The van der Waals surface area contributed by atoms with E-state index in [0.717, 1.165) is 48.1 Å². The molecule has 1 fully saturated rings. The molecule has 1 unspecified atom stereocenters. The maximum absolute atomic E-state index is 13.0. The molecule has 1 atom stereocenters. The number of likely N-dealkylation sites (tertiary alicyclic amines) is 1. The second kappa shape index (κ2) is 6.75. The number of fused-ring (bicyclic) bond motifs is 1. The van der Waals surface area contributed by atoms with E-state index in [4.69, 9.17) is 0 Å². The number of hydrogen-bond donors (Lipinski definition) is 2. The first-order valence-electron chi connectivity index (χ1n) is 8.31. The summed E-state index contributed by atoms with van der Waals surface area (Å²) in [5.41, 5.74) is 2.87. The number of aromatic amines is 1. The summed E-state index contributed by atoms with van der Waals surface area (Å²) in [6, 6.07) is 7.66. The first-order chi connectivity index (χ1) is 11.8. The second-order valence-electron chi connectivity index (χ2n) is 6.22. The Kier molecular flexibility index (Phi) is 4.32. The summed E-state index contributed by atoms with van der Waals surface area (Å²) < 4.78 is 0. The van der Waals surface area contributed by atoms with E-state index in [0.29, 0.717) is 0 Å². The van der Waals surface area contributed by atoms with Gasteiger partial charge in [0.2, 0.25) is 5.91 Å². The van der Waals surface area contributed by atoms with Crippen molar-refractivity contribution in [1.29, 1.82) is 0 Å². The van der Waals surface area contributed by atoms with Crippen LogP contribution < -0.4 is 5.32 Å². The fourth-order valence-corrected chi connectivity index (χ4v) is 4.05. The van der Waals surface area contributed by atoms with Crippen LogP contribution >= 0.6 is 11.3 Å². The molecule has 0 bridgehead atoms. The van der Waals surface area contributed by atoms with Crippen molar-refractivity contribution in [2.24, 2.45) is 0 Å². The lowest BCUT2D eigenvalue weighted by Crippen LogP contribution is -2.40. The van der Waals surface area contributed by atoms with E-state index in [1.165, 1.54) is 6.42 Å². The van der Waals surface area contributed by atoms with Crippen LogP contribution in [0.1, 0.15) is 30.9 Å². The maximum Gasteiger partial charge on any atom is 0.246 e. The van der Waals surface area contributed by atoms with Crippen molar-refractivity contribution in [3.05, 3.63) is 46.8 Å². The summed E-state index contributed by atoms with van der Waals surface area (Å²) in [4.78, 5) is 15.3. The molecule has 1 aromatic carbocycles. The highest BCUT2D eigenvalue weighted by atomic mass is 32.1. The molecule has 24 heavy (non-hydrogen) atoms. The number of carbonyl (C=O) groups is 1. The highest BCUT2D eigenvalue weighted by Crippen LogP contribution is 2.28. The third-order valence-electron chi connectivity index (χ3n) is 4.57. The fourth-order valence-electron chi connectivity index (χ4n) is 3.37. The van der Waals surface area contributed by atoms with Gasteiger partial charge in [0.05, 0.1) is 11.7 Å². The number of H-pyrrole nitrogens is 1. The number of nitrogens with zero attached hydrogens (tertiary/aromatic N) is 2. The average molecular weight is 340 g/mol. The van der Waals surface area contributed by atoms with E-state index in [2.05, 4.69) is 31.9 Å². The number of nitrogens with one attached hydrogen (secondary N) is 2. The lowest BCUT2D eigenvalue weighted by Gasteiger charge is -2.33. The van der Waals surface area contributed by atoms with E-state index in [1.807, 2.05) is 23.6 Å². The lowest BCUT2D eigenvalue weighted by molar-refractivity contribution is -0.121. The summed E-state index contributed by atoms with van der Waals surface area (Å²) in [5, 5.41) is 15.2. The van der Waals surface area contributed by atoms with Crippen molar-refractivity contribution in [2.75, 3.05) is 18.4 Å². The molecule has 1 saturated heterocycles. The number of benzene rings is 1. The number of carbonyl (C=O) groups excluding carboxylic acids is 1. The Hall–Kier alpha value is -2.18. The highest BCUT2D eigenvalue weighted by molar-refractivity contribution is 7.08. The quantitative estimate of drug-likeness (QED) is 0.759. The summed E-state index contributed by atoms with van der Waals surface area (Å²) in [7, 11) is 0. The molecule has 2 aromatic heterocycles. The van der Waals surface area contributed by atoms with Gasteiger partial charge in [-0.15, -0.1) is 0 Å². The van der Waals surface area contributed by atoms with Gasteiger partial charge in [0.25, 0.3) is 0 Å². The predicted molar refractivity (Wildman–Crippen MR) is 97.2 cm³/mol. The SMILES string of the molecule is O=C(Nc1ccc2[nH]ncc2c1)C(c1ccsc1)N1CCCCC1. The van der Waals surface area contributed by atoms with Crippen LogP contribution in [0.15, 0.2) is 41.2 Å². The van der Waals surface area contributed by atoms with Crippen molar-refractivity contribution in [2.45, 2.75) is 25.3 Å². The fraction of sp³-hybridized carbons (Fsp3) is 0.333. The molecule has 3 heterocycles. The largest absolute Gasteiger partial charge is 0.324 e. The van der Waals surface area contributed by atoms with E-state index in [-0.39, 0.29) is 11.9 Å². The van der Waals surface area contributed by atoms with Crippen LogP contribution in [-0.4, -0.2) is 34.1 Å². The average Bonchev–Trinajstić information content (AvgIpc) is 3.27. The second-order valence-corrected chi connectivity index (χ2v) is 7.00. The van der Waals surface area contributed by atoms with Gasteiger partial charge in [0.15, 0.2) is 0 Å². The Morgan fingerprint density at radius 3 is 2.92 bits per heavy atom. The van der Waals surface area contributed by atoms with Gasteiger partial charge < -0.3 is 5.32 Å². The summed E-state index contributed by atoms with van der Waals surface area (Å²) >= 11 is 1.64. The van der Waals surface area contributed by atoms with E-state index in [1.54, 1.807) is 17.5 Å². The van der Waals surface area contributed by atoms with Gasteiger partial charge in [0.1, 0.15) is 6.04 Å². The third kappa shape index (κ3) is 3.07. The summed E-state index contributed by atoms with van der Waals surface area (Å²) in [6.07, 6.45) is 5.35. The molecule has 4 rings (SSSR count). The monoisotopic (exact) mass is 340 g/mol. The molecule has 124 valence electrons. The molecule has 0 radical (unpaired) electrons. The van der Waals surface area contributed by atoms with Crippen LogP contribution in [-0.2, 0) is 4.79 Å². The topological polar surface area (TPSA) is 61.0 Å². The van der Waals surface area contributed by atoms with Crippen LogP contribution in [0.2, 0.25) is 0 Å². The Morgan fingerprint density at radius 2 is 2.12 bits per heavy atom. The van der Waals surface area contributed by atoms with Gasteiger partial charge >= 0.3 is 0 Å². The predicted octanol–water partition coefficient (Wildman–Crippen LogP) is 3.79. The molecule has 6 heteroatoms. The molecule has 1 aliphatic heterocycles. The van der Waals surface area contributed by atoms with Gasteiger partial charge in [0, 0.05) is 11.1 Å². The highest BCUT2D eigenvalue weighted by Gasteiger charge is 2.29. The zero-order chi connectivity index (χ0) is 16.4. The van der Waals surface area contributed by atoms with Crippen molar-refractivity contribution < 1.29 is 4.79 Å². The van der Waals surface area contributed by atoms with Crippen molar-refractivity contribution in [3.8, 4) is 0 Å². The number of anilines is 1. The standard InChI is InChI=1S/C18H20N4OS/c23-18(20-15-4-5-16-14(10-15)11-19-21-16)17(13-6-9-24-12-13)22-7-2-1-3-8-22/h4-6,9-12,17H,1-3,7-8H2,(H,19,21)(H,20,23). The van der Waals surface area contributed by atoms with Crippen LogP contribution in [0, 0.1) is 0 Å². The molecule has 5 nitrogen and oxygen atoms in total. The normalized spacial score (nSPS) is 17.0. The minimum Gasteiger partial charge on any atom is -0.324 e. The van der Waals surface area contributed by atoms with Gasteiger partial charge in [-0.1, -0.05) is 6.42 Å². The van der Waals surface area contributed by atoms with E-state index in [9.17, 15) is 4.79 Å². The molecule has 2 N–H and O–H groups in total. The Bertz CT molecular complexity index is 821. The van der Waals surface area contributed by atoms with Crippen molar-refractivity contribution >= 4 is 33.8 Å². The van der Waals surface area contributed by atoms with Gasteiger partial charge in [-0.25, -0.2) is 0 Å². The minimum absolute atomic E-state index is 0.0399. The van der Waals surface area contributed by atoms with Crippen LogP contribution in [0.4, 0.5) is 5.69 Å². The first-order valence-corrected chi connectivity index (χ1v) is 9.26. The molecular weight excluding hydrogens is 320 g/mol. The number of amides is 1. The van der Waals surface area contributed by atoms with Crippen molar-refractivity contribution in [1.82, 2.24) is 15.1 Å². The van der Waals surface area contributed by atoms with Gasteiger partial charge in [-0.2, -0.15) is 16.4 Å². The number of rotatable bonds is 4. The van der Waals surface area contributed by atoms with Crippen LogP contribution in [0.3, 0.4) is 0 Å². The Morgan fingerprint density at radius 1 is 1.25 bits per heavy atom. The Labute approximate surface area is 144 Å². The van der Waals surface area contributed by atoms with Crippen LogP contribution in [0.25, 0.3) is 10.9 Å². The first kappa shape index (κ1) is 15.4. The zero-order valence-electron chi connectivity index (χ0n) is 13.4. The molecule has 3 aromatic rings. The van der Waals surface area contributed by atoms with Gasteiger partial charge in [-0.05, 0) is 66.5 Å². The van der Waals surface area contributed by atoms with Crippen molar-refractivity contribution in [3.63, 3.8) is 0 Å². The third-order valence-corrected chi connectivity index (χ3v) is 5.27. The number of aromatic nitrogens is 2. The molecule has 0 saturated carbocycles. The minimum atomic E-state index is -0.211. The summed E-state index contributed by atoms with van der Waals surface area (Å²) in [6.45, 7) is 1.96. The van der Waals surface area contributed by atoms with E-state index < -0.39 is 0 Å². The lowest BCUT2D eigenvalue weighted by atomic mass is 10.0. The van der Waals surface area contributed by atoms with Crippen LogP contribution in [0.5, 0.6) is 0 Å².